The Morgan fingerprint density at radius 2 is 1.73 bits per heavy atom. The summed E-state index contributed by atoms with van der Waals surface area (Å²) < 4.78 is 56.8. The van der Waals surface area contributed by atoms with E-state index in [4.69, 9.17) is 9.15 Å². The number of carbonyl (C=O) groups is 2. The lowest BCUT2D eigenvalue weighted by atomic mass is 9.63. The second kappa shape index (κ2) is 11.3. The maximum Gasteiger partial charge on any atom is 0.255 e. The van der Waals surface area contributed by atoms with Gasteiger partial charge in [0, 0.05) is 55.1 Å². The van der Waals surface area contributed by atoms with Gasteiger partial charge in [0.2, 0.25) is 0 Å². The summed E-state index contributed by atoms with van der Waals surface area (Å²) in [6, 6.07) is 12.5. The molecule has 0 unspecified atom stereocenters. The first-order valence-electron chi connectivity index (χ1n) is 14.0. The number of amides is 1. The largest absolute Gasteiger partial charge is 0.455 e. The molecule has 0 atom stereocenters. The number of nitrogens with one attached hydrogen (secondary N) is 1. The number of hydrogen-bond donors (Lipinski definition) is 1. The van der Waals surface area contributed by atoms with Crippen LogP contribution in [-0.4, -0.2) is 41.9 Å². The molecule has 5 aromatic rings. The highest BCUT2D eigenvalue weighted by atomic mass is 19.1. The maximum atomic E-state index is 16.5. The van der Waals surface area contributed by atoms with Crippen molar-refractivity contribution < 1.29 is 31.9 Å². The maximum absolute atomic E-state index is 16.5. The van der Waals surface area contributed by atoms with Crippen LogP contribution in [0.4, 0.5) is 13.2 Å². The van der Waals surface area contributed by atoms with Crippen LogP contribution < -0.4 is 5.32 Å². The minimum atomic E-state index is -0.818. The van der Waals surface area contributed by atoms with Crippen molar-refractivity contribution in [1.82, 2.24) is 15.3 Å². The molecule has 7 nitrogen and oxygen atoms in total. The van der Waals surface area contributed by atoms with E-state index >= 15 is 8.78 Å². The number of aromatic nitrogens is 2. The van der Waals surface area contributed by atoms with E-state index in [-0.39, 0.29) is 62.9 Å². The Labute approximate surface area is 251 Å². The smallest absolute Gasteiger partial charge is 0.255 e. The number of ether oxygens (including phenoxy) is 1. The molecule has 1 N–H and O–H groups in total. The summed E-state index contributed by atoms with van der Waals surface area (Å²) in [5.74, 6) is -2.36. The average molecular weight is 600 g/mol. The molecule has 1 aliphatic rings. The number of nitrogens with zero attached hydrogens (tertiary/aromatic N) is 2. The van der Waals surface area contributed by atoms with E-state index in [2.05, 4.69) is 15.3 Å². The summed E-state index contributed by atoms with van der Waals surface area (Å²) in [5, 5.41) is 2.39. The summed E-state index contributed by atoms with van der Waals surface area (Å²) in [4.78, 5) is 35.4. The number of methoxy groups -OCH3 is 1. The zero-order valence-electron chi connectivity index (χ0n) is 24.2. The third-order valence-electron chi connectivity index (χ3n) is 8.42. The Morgan fingerprint density at radius 3 is 2.39 bits per heavy atom. The second-order valence-electron chi connectivity index (χ2n) is 11.0. The average Bonchev–Trinajstić information content (AvgIpc) is 3.41. The Bertz CT molecular complexity index is 1900. The number of furan rings is 1. The van der Waals surface area contributed by atoms with Crippen molar-refractivity contribution in [2.24, 2.45) is 0 Å². The minimum absolute atomic E-state index is 0.00986. The standard InChI is InChI=1S/C34H28F3N3O4/c1-18-24(13-20(14-25(18)36)26(41)17-34(15-22(16-34)43-3)33-39-11-4-12-40-33)23-9-10-27-28(30(23)37)29(32(42)38-2)31(44-27)19-5-7-21(35)8-6-19/h4-14,22H,15-17H2,1-3H3,(H,38,42). The van der Waals surface area contributed by atoms with Gasteiger partial charge in [-0.05, 0) is 85.5 Å². The van der Waals surface area contributed by atoms with Crippen LogP contribution in [0.3, 0.4) is 0 Å². The number of carbonyl (C=O) groups excluding carboxylic acids is 2. The lowest BCUT2D eigenvalue weighted by molar-refractivity contribution is -0.0229. The van der Waals surface area contributed by atoms with E-state index in [0.717, 1.165) is 6.07 Å². The Balaban J connectivity index is 1.44. The van der Waals surface area contributed by atoms with Gasteiger partial charge in [-0.1, -0.05) is 0 Å². The quantitative estimate of drug-likeness (QED) is 0.194. The zero-order valence-corrected chi connectivity index (χ0v) is 24.2. The molecular weight excluding hydrogens is 571 g/mol. The fourth-order valence-corrected chi connectivity index (χ4v) is 5.99. The van der Waals surface area contributed by atoms with E-state index < -0.39 is 28.8 Å². The van der Waals surface area contributed by atoms with Gasteiger partial charge in [0.15, 0.2) is 5.78 Å². The number of hydrogen-bond acceptors (Lipinski definition) is 6. The lowest BCUT2D eigenvalue weighted by Crippen LogP contribution is -2.48. The van der Waals surface area contributed by atoms with Crippen LogP contribution in [0.5, 0.6) is 0 Å². The molecule has 1 aliphatic carbocycles. The molecule has 0 aliphatic heterocycles. The summed E-state index contributed by atoms with van der Waals surface area (Å²) in [5.41, 5.74) is 0.0640. The van der Waals surface area contributed by atoms with Crippen molar-refractivity contribution in [2.45, 2.75) is 37.7 Å². The molecule has 1 fully saturated rings. The Hall–Kier alpha value is -4.83. The molecule has 0 radical (unpaired) electrons. The fraction of sp³-hybridized carbons (Fsp3) is 0.235. The van der Waals surface area contributed by atoms with Crippen molar-refractivity contribution >= 4 is 22.7 Å². The highest BCUT2D eigenvalue weighted by Gasteiger charge is 2.49. The van der Waals surface area contributed by atoms with Crippen molar-refractivity contribution in [3.63, 3.8) is 0 Å². The van der Waals surface area contributed by atoms with Gasteiger partial charge in [0.25, 0.3) is 5.91 Å². The number of halogens is 3. The Kier molecular flexibility index (Phi) is 7.54. The summed E-state index contributed by atoms with van der Waals surface area (Å²) >= 11 is 0. The SMILES string of the molecule is CNC(=O)c1c(-c2ccc(F)cc2)oc2ccc(-c3cc(C(=O)CC4(c5ncccn5)CC(OC)C4)cc(F)c3C)c(F)c12. The first-order valence-corrected chi connectivity index (χ1v) is 14.0. The third-order valence-corrected chi connectivity index (χ3v) is 8.42. The molecule has 0 bridgehead atoms. The monoisotopic (exact) mass is 599 g/mol. The Morgan fingerprint density at radius 1 is 1.02 bits per heavy atom. The van der Waals surface area contributed by atoms with Gasteiger partial charge < -0.3 is 14.5 Å². The van der Waals surface area contributed by atoms with Gasteiger partial charge in [-0.15, -0.1) is 0 Å². The highest BCUT2D eigenvalue weighted by Crippen LogP contribution is 2.47. The number of benzene rings is 3. The van der Waals surface area contributed by atoms with Gasteiger partial charge in [-0.2, -0.15) is 0 Å². The molecule has 0 spiro atoms. The summed E-state index contributed by atoms with van der Waals surface area (Å²) in [6.45, 7) is 1.50. The van der Waals surface area contributed by atoms with Gasteiger partial charge in [0.05, 0.1) is 17.1 Å². The van der Waals surface area contributed by atoms with Crippen molar-refractivity contribution in [3.05, 3.63) is 107 Å². The molecule has 224 valence electrons. The van der Waals surface area contributed by atoms with Crippen LogP contribution >= 0.6 is 0 Å². The lowest BCUT2D eigenvalue weighted by Gasteiger charge is -2.45. The van der Waals surface area contributed by atoms with Gasteiger partial charge >= 0.3 is 0 Å². The molecular formula is C34H28F3N3O4. The van der Waals surface area contributed by atoms with Crippen LogP contribution in [0.15, 0.2) is 71.4 Å². The van der Waals surface area contributed by atoms with E-state index in [1.54, 1.807) is 25.6 Å². The molecule has 2 heterocycles. The molecule has 6 rings (SSSR count). The summed E-state index contributed by atoms with van der Waals surface area (Å²) in [7, 11) is 3.00. The number of rotatable bonds is 8. The predicted octanol–water partition coefficient (Wildman–Crippen LogP) is 6.96. The predicted molar refractivity (Wildman–Crippen MR) is 158 cm³/mol. The van der Waals surface area contributed by atoms with Gasteiger partial charge in [-0.25, -0.2) is 23.1 Å². The first kappa shape index (κ1) is 29.3. The molecule has 1 saturated carbocycles. The third kappa shape index (κ3) is 4.94. The first-order chi connectivity index (χ1) is 21.2. The molecule has 3 aromatic carbocycles. The van der Waals surface area contributed by atoms with Crippen LogP contribution in [0.25, 0.3) is 33.4 Å². The van der Waals surface area contributed by atoms with E-state index in [0.29, 0.717) is 24.2 Å². The normalized spacial score (nSPS) is 17.8. The summed E-state index contributed by atoms with van der Waals surface area (Å²) in [6.07, 6.45) is 4.25. The van der Waals surface area contributed by atoms with E-state index in [1.807, 2.05) is 0 Å². The van der Waals surface area contributed by atoms with Crippen molar-refractivity contribution in [1.29, 1.82) is 0 Å². The number of fused-ring (bicyclic) bond motifs is 1. The molecule has 0 saturated heterocycles. The van der Waals surface area contributed by atoms with Crippen LogP contribution in [0.1, 0.15) is 51.4 Å². The topological polar surface area (TPSA) is 94.3 Å². The van der Waals surface area contributed by atoms with E-state index in [1.165, 1.54) is 56.4 Å². The van der Waals surface area contributed by atoms with Crippen LogP contribution in [0, 0.1) is 24.4 Å². The van der Waals surface area contributed by atoms with Crippen molar-refractivity contribution in [3.8, 4) is 22.5 Å². The molecule has 10 heteroatoms. The number of Topliss-reactive ketones (excluding diaryl/α,β-unsaturated/α-hetero) is 1. The van der Waals surface area contributed by atoms with Gasteiger partial charge in [0.1, 0.15) is 34.6 Å². The number of ketones is 1. The van der Waals surface area contributed by atoms with E-state index in [9.17, 15) is 14.0 Å². The van der Waals surface area contributed by atoms with Crippen LogP contribution in [0.2, 0.25) is 0 Å². The van der Waals surface area contributed by atoms with Crippen molar-refractivity contribution in [2.75, 3.05) is 14.2 Å². The fourth-order valence-electron chi connectivity index (χ4n) is 5.99. The van der Waals surface area contributed by atoms with Gasteiger partial charge in [-0.3, -0.25) is 9.59 Å². The molecule has 2 aromatic heterocycles. The van der Waals surface area contributed by atoms with Crippen LogP contribution in [-0.2, 0) is 10.2 Å². The minimum Gasteiger partial charge on any atom is -0.455 e. The second-order valence-corrected chi connectivity index (χ2v) is 11.0. The zero-order chi connectivity index (χ0) is 31.2. The molecule has 44 heavy (non-hydrogen) atoms. The highest BCUT2D eigenvalue weighted by molar-refractivity contribution is 6.12. The molecule has 1 amide bonds.